The monoisotopic (exact) mass is 258 g/mol. The van der Waals surface area contributed by atoms with Crippen LogP contribution in [0.1, 0.15) is 11.6 Å². The molecular formula is C11H12Cl2N2O. The summed E-state index contributed by atoms with van der Waals surface area (Å²) in [6.07, 6.45) is 0. The topological polar surface area (TPSA) is 45.0 Å². The molecule has 16 heavy (non-hydrogen) atoms. The molecule has 1 rings (SSSR count). The summed E-state index contributed by atoms with van der Waals surface area (Å²) in [5, 5.41) is 13.2. The second kappa shape index (κ2) is 6.72. The second-order valence-electron chi connectivity index (χ2n) is 3.17. The van der Waals surface area contributed by atoms with Crippen LogP contribution in [0.25, 0.3) is 0 Å². The lowest BCUT2D eigenvalue weighted by atomic mass is 10.1. The van der Waals surface area contributed by atoms with E-state index in [1.807, 2.05) is 0 Å². The molecule has 0 aliphatic carbocycles. The van der Waals surface area contributed by atoms with Gasteiger partial charge < -0.3 is 4.74 Å². The molecule has 0 saturated carbocycles. The molecule has 0 amide bonds. The van der Waals surface area contributed by atoms with E-state index in [2.05, 4.69) is 11.4 Å². The molecule has 3 nitrogen and oxygen atoms in total. The molecule has 1 aromatic carbocycles. The number of nitriles is 1. The van der Waals surface area contributed by atoms with Gasteiger partial charge in [0.05, 0.1) is 12.7 Å². The Morgan fingerprint density at radius 3 is 2.88 bits per heavy atom. The van der Waals surface area contributed by atoms with Gasteiger partial charge in [-0.3, -0.25) is 5.32 Å². The number of ether oxygens (including phenoxy) is 1. The van der Waals surface area contributed by atoms with Crippen LogP contribution in [0.15, 0.2) is 18.2 Å². The van der Waals surface area contributed by atoms with Crippen LogP contribution in [0.2, 0.25) is 10.0 Å². The van der Waals surface area contributed by atoms with Crippen molar-refractivity contribution >= 4 is 23.2 Å². The normalized spacial score (nSPS) is 12.1. The summed E-state index contributed by atoms with van der Waals surface area (Å²) in [5.41, 5.74) is 0.688. The van der Waals surface area contributed by atoms with E-state index in [0.29, 0.717) is 28.8 Å². The zero-order chi connectivity index (χ0) is 12.0. The Bertz CT molecular complexity index is 390. The highest BCUT2D eigenvalue weighted by Gasteiger charge is 2.13. The molecule has 0 spiro atoms. The molecule has 0 heterocycles. The van der Waals surface area contributed by atoms with Crippen molar-refractivity contribution in [2.24, 2.45) is 0 Å². The number of benzene rings is 1. The molecule has 1 atom stereocenters. The number of halogens is 2. The fourth-order valence-corrected chi connectivity index (χ4v) is 1.67. The van der Waals surface area contributed by atoms with Crippen molar-refractivity contribution in [1.82, 2.24) is 5.32 Å². The number of nitrogens with zero attached hydrogens (tertiary/aromatic N) is 1. The summed E-state index contributed by atoms with van der Waals surface area (Å²) in [5.74, 6) is 0. The molecule has 0 aliphatic rings. The van der Waals surface area contributed by atoms with Gasteiger partial charge >= 0.3 is 0 Å². The van der Waals surface area contributed by atoms with Crippen LogP contribution in [0.5, 0.6) is 0 Å². The number of rotatable bonds is 5. The van der Waals surface area contributed by atoms with Crippen molar-refractivity contribution in [2.45, 2.75) is 6.04 Å². The summed E-state index contributed by atoms with van der Waals surface area (Å²) >= 11 is 11.9. The summed E-state index contributed by atoms with van der Waals surface area (Å²) in [6.45, 7) is 1.12. The number of methoxy groups -OCH3 is 1. The Balaban J connectivity index is 2.79. The highest BCUT2D eigenvalue weighted by Crippen LogP contribution is 2.25. The van der Waals surface area contributed by atoms with E-state index in [0.717, 1.165) is 0 Å². The minimum absolute atomic E-state index is 0.471. The zero-order valence-corrected chi connectivity index (χ0v) is 10.3. The fraction of sp³-hybridized carbons (Fsp3) is 0.364. The SMILES string of the molecule is COCCNC(C#N)c1cc(Cl)ccc1Cl. The molecule has 0 saturated heterocycles. The quantitative estimate of drug-likeness (QED) is 0.827. The first kappa shape index (κ1) is 13.3. The lowest BCUT2D eigenvalue weighted by Gasteiger charge is -2.13. The largest absolute Gasteiger partial charge is 0.383 e. The smallest absolute Gasteiger partial charge is 0.122 e. The highest BCUT2D eigenvalue weighted by atomic mass is 35.5. The third kappa shape index (κ3) is 3.66. The van der Waals surface area contributed by atoms with Crippen molar-refractivity contribution in [1.29, 1.82) is 5.26 Å². The van der Waals surface area contributed by atoms with Gasteiger partial charge in [-0.1, -0.05) is 23.2 Å². The van der Waals surface area contributed by atoms with E-state index in [1.54, 1.807) is 25.3 Å². The van der Waals surface area contributed by atoms with Crippen LogP contribution in [0, 0.1) is 11.3 Å². The average molecular weight is 259 g/mol. The van der Waals surface area contributed by atoms with E-state index < -0.39 is 6.04 Å². The Hall–Kier alpha value is -0.790. The van der Waals surface area contributed by atoms with Crippen LogP contribution in [0.3, 0.4) is 0 Å². The maximum absolute atomic E-state index is 9.04. The lowest BCUT2D eigenvalue weighted by Crippen LogP contribution is -2.24. The summed E-state index contributed by atoms with van der Waals surface area (Å²) in [4.78, 5) is 0. The van der Waals surface area contributed by atoms with Gasteiger partial charge in [0.15, 0.2) is 0 Å². The molecule has 0 aromatic heterocycles. The molecule has 1 N–H and O–H groups in total. The second-order valence-corrected chi connectivity index (χ2v) is 4.02. The Morgan fingerprint density at radius 1 is 1.50 bits per heavy atom. The van der Waals surface area contributed by atoms with Crippen molar-refractivity contribution in [3.05, 3.63) is 33.8 Å². The number of hydrogen-bond donors (Lipinski definition) is 1. The molecule has 0 fully saturated rings. The van der Waals surface area contributed by atoms with Crippen molar-refractivity contribution in [2.75, 3.05) is 20.3 Å². The maximum Gasteiger partial charge on any atom is 0.122 e. The predicted octanol–water partition coefficient (Wildman–Crippen LogP) is 2.79. The van der Waals surface area contributed by atoms with Crippen LogP contribution < -0.4 is 5.32 Å². The van der Waals surface area contributed by atoms with Gasteiger partial charge in [-0.25, -0.2) is 0 Å². The predicted molar refractivity (Wildman–Crippen MR) is 64.7 cm³/mol. The van der Waals surface area contributed by atoms with Gasteiger partial charge in [0.2, 0.25) is 0 Å². The average Bonchev–Trinajstić information content (AvgIpc) is 2.28. The van der Waals surface area contributed by atoms with Gasteiger partial charge in [0.25, 0.3) is 0 Å². The Morgan fingerprint density at radius 2 is 2.25 bits per heavy atom. The minimum Gasteiger partial charge on any atom is -0.383 e. The number of hydrogen-bond acceptors (Lipinski definition) is 3. The Kier molecular flexibility index (Phi) is 5.58. The summed E-state index contributed by atoms with van der Waals surface area (Å²) < 4.78 is 4.90. The molecule has 1 unspecified atom stereocenters. The van der Waals surface area contributed by atoms with Gasteiger partial charge in [-0.05, 0) is 18.2 Å². The van der Waals surface area contributed by atoms with E-state index in [4.69, 9.17) is 33.2 Å². The fourth-order valence-electron chi connectivity index (χ4n) is 1.27. The van der Waals surface area contributed by atoms with Gasteiger partial charge in [-0.15, -0.1) is 0 Å². The van der Waals surface area contributed by atoms with Gasteiger partial charge in [0.1, 0.15) is 6.04 Å². The zero-order valence-electron chi connectivity index (χ0n) is 8.84. The van der Waals surface area contributed by atoms with Crippen LogP contribution >= 0.6 is 23.2 Å². The van der Waals surface area contributed by atoms with Crippen molar-refractivity contribution in [3.63, 3.8) is 0 Å². The van der Waals surface area contributed by atoms with Crippen molar-refractivity contribution in [3.8, 4) is 6.07 Å². The first-order valence-corrected chi connectivity index (χ1v) is 5.51. The summed E-state index contributed by atoms with van der Waals surface area (Å²) in [6, 6.07) is 6.73. The van der Waals surface area contributed by atoms with Crippen molar-refractivity contribution < 1.29 is 4.74 Å². The maximum atomic E-state index is 9.04. The van der Waals surface area contributed by atoms with Crippen LogP contribution in [0.4, 0.5) is 0 Å². The van der Waals surface area contributed by atoms with E-state index in [9.17, 15) is 0 Å². The summed E-state index contributed by atoms with van der Waals surface area (Å²) in [7, 11) is 1.61. The van der Waals surface area contributed by atoms with Gasteiger partial charge in [0, 0.05) is 29.3 Å². The van der Waals surface area contributed by atoms with Gasteiger partial charge in [-0.2, -0.15) is 5.26 Å². The standard InChI is InChI=1S/C11H12Cl2N2O/c1-16-5-4-15-11(7-14)9-6-8(12)2-3-10(9)13/h2-3,6,11,15H,4-5H2,1H3. The molecule has 0 aliphatic heterocycles. The van der Waals surface area contributed by atoms with E-state index in [-0.39, 0.29) is 0 Å². The van der Waals surface area contributed by atoms with E-state index >= 15 is 0 Å². The van der Waals surface area contributed by atoms with Crippen LogP contribution in [-0.2, 0) is 4.74 Å². The lowest BCUT2D eigenvalue weighted by molar-refractivity contribution is 0.198. The first-order valence-electron chi connectivity index (χ1n) is 4.76. The highest BCUT2D eigenvalue weighted by molar-refractivity contribution is 6.33. The molecule has 5 heteroatoms. The first-order chi connectivity index (χ1) is 7.69. The minimum atomic E-state index is -0.471. The number of nitrogens with one attached hydrogen (secondary N) is 1. The van der Waals surface area contributed by atoms with E-state index in [1.165, 1.54) is 0 Å². The van der Waals surface area contributed by atoms with Crippen LogP contribution in [-0.4, -0.2) is 20.3 Å². The third-order valence-corrected chi connectivity index (χ3v) is 2.63. The third-order valence-electron chi connectivity index (χ3n) is 2.05. The molecule has 0 radical (unpaired) electrons. The Labute approximate surface area is 105 Å². The molecule has 86 valence electrons. The molecular weight excluding hydrogens is 247 g/mol. The molecule has 0 bridgehead atoms. The molecule has 1 aromatic rings.